The van der Waals surface area contributed by atoms with Gasteiger partial charge in [-0.1, -0.05) is 18.2 Å². The molecule has 1 fully saturated rings. The number of para-hydroxylation sites is 1. The number of carbonyl (C=O) groups is 1. The smallest absolute Gasteiger partial charge is 0.246 e. The quantitative estimate of drug-likeness (QED) is 0.831. The first-order valence-electron chi connectivity index (χ1n) is 9.12. The van der Waals surface area contributed by atoms with Gasteiger partial charge >= 0.3 is 0 Å². The van der Waals surface area contributed by atoms with E-state index in [0.717, 1.165) is 39.0 Å². The lowest BCUT2D eigenvalue weighted by Crippen LogP contribution is -2.39. The van der Waals surface area contributed by atoms with Gasteiger partial charge in [-0.3, -0.25) is 4.79 Å². The average molecular weight is 332 g/mol. The molecule has 3 rings (SSSR count). The molecular weight excluding hydrogens is 304 g/mol. The van der Waals surface area contributed by atoms with Crippen LogP contribution >= 0.6 is 0 Å². The molecule has 1 N–H and O–H groups in total. The Balaban J connectivity index is 1.32. The maximum atomic E-state index is 11.9. The summed E-state index contributed by atoms with van der Waals surface area (Å²) in [5, 5.41) is 2.95. The summed E-state index contributed by atoms with van der Waals surface area (Å²) in [5.74, 6) is -0.0453. The number of fused-ring (bicyclic) bond motifs is 1. The molecule has 0 aromatic heterocycles. The van der Waals surface area contributed by atoms with Gasteiger partial charge in [0.1, 0.15) is 6.61 Å². The normalized spacial score (nSPS) is 20.5. The van der Waals surface area contributed by atoms with Gasteiger partial charge in [0.05, 0.1) is 12.7 Å². The number of rotatable bonds is 7. The fourth-order valence-electron chi connectivity index (χ4n) is 3.45. The van der Waals surface area contributed by atoms with Crippen molar-refractivity contribution in [1.82, 2.24) is 5.32 Å². The number of aryl methyl sites for hydroxylation is 1. The molecule has 132 valence electrons. The zero-order valence-electron chi connectivity index (χ0n) is 14.3. The lowest BCUT2D eigenvalue weighted by molar-refractivity contribution is -0.127. The van der Waals surface area contributed by atoms with Crippen molar-refractivity contribution in [3.8, 4) is 0 Å². The van der Waals surface area contributed by atoms with Crippen molar-refractivity contribution >= 4 is 11.6 Å². The maximum absolute atomic E-state index is 11.9. The van der Waals surface area contributed by atoms with Crippen molar-refractivity contribution in [1.29, 1.82) is 0 Å². The molecule has 5 heteroatoms. The van der Waals surface area contributed by atoms with E-state index in [1.165, 1.54) is 24.1 Å². The number of benzene rings is 1. The molecule has 1 aromatic carbocycles. The number of anilines is 1. The minimum atomic E-state index is -0.0453. The number of ether oxygens (including phenoxy) is 2. The third-order valence-electron chi connectivity index (χ3n) is 4.72. The van der Waals surface area contributed by atoms with Crippen LogP contribution in [0, 0.1) is 0 Å². The second-order valence-electron chi connectivity index (χ2n) is 6.57. The first-order valence-corrected chi connectivity index (χ1v) is 9.12. The average Bonchev–Trinajstić information content (AvgIpc) is 2.63. The van der Waals surface area contributed by atoms with E-state index < -0.39 is 0 Å². The lowest BCUT2D eigenvalue weighted by atomic mass is 10.0. The summed E-state index contributed by atoms with van der Waals surface area (Å²) in [6.07, 6.45) is 5.85. The number of carbonyl (C=O) groups excluding carboxylic acids is 1. The molecule has 1 atom stereocenters. The highest BCUT2D eigenvalue weighted by molar-refractivity contribution is 5.77. The molecule has 0 radical (unpaired) electrons. The molecule has 5 nitrogen and oxygen atoms in total. The Morgan fingerprint density at radius 2 is 2.21 bits per heavy atom. The van der Waals surface area contributed by atoms with Gasteiger partial charge in [-0.25, -0.2) is 0 Å². The summed E-state index contributed by atoms with van der Waals surface area (Å²) >= 11 is 0. The minimum absolute atomic E-state index is 0.0453. The first kappa shape index (κ1) is 17.2. The number of hydrogen-bond donors (Lipinski definition) is 1. The van der Waals surface area contributed by atoms with Gasteiger partial charge < -0.3 is 19.7 Å². The number of nitrogens with one attached hydrogen (secondary N) is 1. The van der Waals surface area contributed by atoms with Gasteiger partial charge in [-0.2, -0.15) is 0 Å². The van der Waals surface area contributed by atoms with Crippen LogP contribution in [0.1, 0.15) is 31.2 Å². The van der Waals surface area contributed by atoms with Crippen LogP contribution in [-0.4, -0.2) is 51.5 Å². The molecule has 0 unspecified atom stereocenters. The van der Waals surface area contributed by atoms with Crippen molar-refractivity contribution in [3.63, 3.8) is 0 Å². The highest BCUT2D eigenvalue weighted by Crippen LogP contribution is 2.25. The molecule has 0 spiro atoms. The Kier molecular flexibility index (Phi) is 6.49. The van der Waals surface area contributed by atoms with Gasteiger partial charge in [0.2, 0.25) is 5.91 Å². The van der Waals surface area contributed by atoms with E-state index >= 15 is 0 Å². The minimum Gasteiger partial charge on any atom is -0.376 e. The summed E-state index contributed by atoms with van der Waals surface area (Å²) in [5.41, 5.74) is 2.72. The molecule has 1 amide bonds. The predicted molar refractivity (Wildman–Crippen MR) is 94.4 cm³/mol. The monoisotopic (exact) mass is 332 g/mol. The van der Waals surface area contributed by atoms with Crippen molar-refractivity contribution < 1.29 is 14.3 Å². The third-order valence-corrected chi connectivity index (χ3v) is 4.72. The molecule has 24 heavy (non-hydrogen) atoms. The topological polar surface area (TPSA) is 50.8 Å². The van der Waals surface area contributed by atoms with Crippen LogP contribution in [0.5, 0.6) is 0 Å². The van der Waals surface area contributed by atoms with Gasteiger partial charge in [0.15, 0.2) is 0 Å². The SMILES string of the molecule is O=C(COC[C@@H]1CCCCO1)NCCN1CCCc2ccccc21. The Hall–Kier alpha value is -1.59. The second kappa shape index (κ2) is 9.04. The van der Waals surface area contributed by atoms with Crippen molar-refractivity contribution in [2.75, 3.05) is 44.4 Å². The molecule has 1 aromatic rings. The Morgan fingerprint density at radius 3 is 3.08 bits per heavy atom. The fraction of sp³-hybridized carbons (Fsp3) is 0.632. The van der Waals surface area contributed by atoms with Crippen LogP contribution in [0.3, 0.4) is 0 Å². The Morgan fingerprint density at radius 1 is 1.29 bits per heavy atom. The zero-order chi connectivity index (χ0) is 16.6. The Bertz CT molecular complexity index is 529. The van der Waals surface area contributed by atoms with Crippen LogP contribution in [0.2, 0.25) is 0 Å². The van der Waals surface area contributed by atoms with E-state index in [-0.39, 0.29) is 18.6 Å². The lowest BCUT2D eigenvalue weighted by Gasteiger charge is -2.31. The number of hydrogen-bond acceptors (Lipinski definition) is 4. The van der Waals surface area contributed by atoms with E-state index in [4.69, 9.17) is 9.47 Å². The summed E-state index contributed by atoms with van der Waals surface area (Å²) in [6, 6.07) is 8.54. The van der Waals surface area contributed by atoms with Crippen LogP contribution in [0.25, 0.3) is 0 Å². The number of nitrogens with zero attached hydrogens (tertiary/aromatic N) is 1. The molecule has 1 saturated heterocycles. The molecule has 0 saturated carbocycles. The van der Waals surface area contributed by atoms with Crippen LogP contribution in [-0.2, 0) is 20.7 Å². The van der Waals surface area contributed by atoms with Gasteiger partial charge in [-0.15, -0.1) is 0 Å². The zero-order valence-corrected chi connectivity index (χ0v) is 14.3. The molecule has 2 aliphatic rings. The maximum Gasteiger partial charge on any atom is 0.246 e. The van der Waals surface area contributed by atoms with Crippen molar-refractivity contribution in [2.24, 2.45) is 0 Å². The molecule has 2 heterocycles. The summed E-state index contributed by atoms with van der Waals surface area (Å²) < 4.78 is 11.1. The van der Waals surface area contributed by atoms with E-state index in [0.29, 0.717) is 13.2 Å². The second-order valence-corrected chi connectivity index (χ2v) is 6.57. The van der Waals surface area contributed by atoms with E-state index in [1.807, 2.05) is 0 Å². The highest BCUT2D eigenvalue weighted by Gasteiger charge is 2.16. The van der Waals surface area contributed by atoms with E-state index in [2.05, 4.69) is 34.5 Å². The Labute approximate surface area is 144 Å². The predicted octanol–water partition coefficient (Wildman–Crippen LogP) is 2.14. The number of amides is 1. The molecular formula is C19H28N2O3. The molecule has 0 bridgehead atoms. The molecule has 2 aliphatic heterocycles. The summed E-state index contributed by atoms with van der Waals surface area (Å²) in [7, 11) is 0. The first-order chi connectivity index (χ1) is 11.8. The van der Waals surface area contributed by atoms with Crippen molar-refractivity contribution in [3.05, 3.63) is 29.8 Å². The largest absolute Gasteiger partial charge is 0.376 e. The third kappa shape index (κ3) is 4.95. The standard InChI is InChI=1S/C19H28N2O3/c22-19(15-23-14-17-8-3-4-13-24-17)20-10-12-21-11-5-7-16-6-1-2-9-18(16)21/h1-2,6,9,17H,3-5,7-8,10-15H2,(H,20,22)/t17-/m0/s1. The summed E-state index contributed by atoms with van der Waals surface area (Å²) in [4.78, 5) is 14.2. The van der Waals surface area contributed by atoms with Gasteiger partial charge in [0, 0.05) is 31.9 Å². The van der Waals surface area contributed by atoms with E-state index in [9.17, 15) is 4.79 Å². The summed E-state index contributed by atoms with van der Waals surface area (Å²) in [6.45, 7) is 4.01. The van der Waals surface area contributed by atoms with Gasteiger partial charge in [0.25, 0.3) is 0 Å². The van der Waals surface area contributed by atoms with Crippen molar-refractivity contribution in [2.45, 2.75) is 38.2 Å². The van der Waals surface area contributed by atoms with Crippen LogP contribution in [0.4, 0.5) is 5.69 Å². The molecule has 0 aliphatic carbocycles. The van der Waals surface area contributed by atoms with E-state index in [1.54, 1.807) is 0 Å². The van der Waals surface area contributed by atoms with Gasteiger partial charge in [-0.05, 0) is 43.7 Å². The fourth-order valence-corrected chi connectivity index (χ4v) is 3.45. The van der Waals surface area contributed by atoms with Crippen LogP contribution < -0.4 is 10.2 Å². The highest BCUT2D eigenvalue weighted by atomic mass is 16.5. The van der Waals surface area contributed by atoms with Crippen LogP contribution in [0.15, 0.2) is 24.3 Å².